The van der Waals surface area contributed by atoms with E-state index < -0.39 is 0 Å². The summed E-state index contributed by atoms with van der Waals surface area (Å²) in [6, 6.07) is 165. The Morgan fingerprint density at radius 1 is 0.154 bits per heavy atom. The third-order valence-electron chi connectivity index (χ3n) is 28.5. The minimum atomic E-state index is -0.0500. The van der Waals surface area contributed by atoms with Gasteiger partial charge in [-0.05, 0) is 190 Å². The Balaban J connectivity index is 0.000000107. The first-order valence-corrected chi connectivity index (χ1v) is 50.0. The van der Waals surface area contributed by atoms with E-state index in [4.69, 9.17) is 44.9 Å². The van der Waals surface area contributed by atoms with Crippen LogP contribution in [0.4, 0.5) is 0 Å². The zero-order chi connectivity index (χ0) is 94.7. The third-order valence-corrected chi connectivity index (χ3v) is 30.7. The molecule has 668 valence electrons. The number of hydrogen-bond donors (Lipinski definition) is 0. The molecule has 0 atom stereocenters. The van der Waals surface area contributed by atoms with Gasteiger partial charge < -0.3 is 0 Å². The summed E-state index contributed by atoms with van der Waals surface area (Å²) in [6.45, 7) is 4.70. The molecule has 0 spiro atoms. The minimum Gasteiger partial charge on any atom is -0.208 e. The lowest BCUT2D eigenvalue weighted by atomic mass is 9.81. The average Bonchev–Trinajstić information content (AvgIpc) is 1.55. The predicted molar refractivity (Wildman–Crippen MR) is 600 cm³/mol. The molecule has 11 heteroatoms. The molecule has 143 heavy (non-hydrogen) atoms. The van der Waals surface area contributed by atoms with Crippen LogP contribution in [0.25, 0.3) is 273 Å². The van der Waals surface area contributed by atoms with E-state index in [2.05, 4.69) is 347 Å². The third kappa shape index (κ3) is 15.0. The Labute approximate surface area is 831 Å². The second-order valence-electron chi connectivity index (χ2n) is 37.3. The summed E-state index contributed by atoms with van der Waals surface area (Å²) >= 11 is 3.73. The maximum Gasteiger partial charge on any atom is 0.164 e. The van der Waals surface area contributed by atoms with Crippen LogP contribution in [0.15, 0.2) is 467 Å². The highest BCUT2D eigenvalue weighted by atomic mass is 32.1. The first kappa shape index (κ1) is 84.2. The number of fused-ring (bicyclic) bond motifs is 26. The Morgan fingerprint density at radius 3 is 0.881 bits per heavy atom. The molecule has 0 saturated heterocycles. The van der Waals surface area contributed by atoms with Crippen LogP contribution in [0.1, 0.15) is 25.0 Å². The van der Waals surface area contributed by atoms with E-state index in [1.807, 2.05) is 156 Å². The molecule has 0 N–H and O–H groups in total. The normalized spacial score (nSPS) is 12.2. The van der Waals surface area contributed by atoms with E-state index in [0.29, 0.717) is 52.4 Å². The van der Waals surface area contributed by atoms with Crippen molar-refractivity contribution >= 4 is 160 Å². The van der Waals surface area contributed by atoms with Crippen LogP contribution in [0.3, 0.4) is 0 Å². The molecule has 29 rings (SSSR count). The molecule has 23 aromatic carbocycles. The summed E-state index contributed by atoms with van der Waals surface area (Å²) < 4.78 is 5.28. The molecule has 5 heterocycles. The standard InChI is InChI=1S/2C45H27N3S.C42H29N3/c1-3-9-28(10-4-1)29-15-19-32(20-16-29)44-46-43(31-11-5-2-6-12-31)47-45(48-44)35-23-24-36-33(25-35)21-17-30-18-22-34-26-39-37-13-7-8-14-40(37)49-41(39)27-38(34)42(30)36;1-3-9-28(10-4-1)29-15-20-33(21-16-29)44-46-43(32-11-5-2-6-12-32)47-45(48-44)35-23-25-36-34(27-35)22-19-30-17-18-31-24-26-39-42(41(31)40(30)36)37-13-7-8-14-38(37)49-39;1-42(2)34-16-10-9-15-33(34)38-35(42)24-22-27-18-17-26-19-20-30-25-31(21-23-32(30)36(26)37(27)38)41-44-39(28-11-5-3-6-12-28)43-40(45-41)29-13-7-4-8-14-29/h2*1-27H;3-25H,1-2H3. The van der Waals surface area contributed by atoms with Gasteiger partial charge in [-0.1, -0.05) is 432 Å². The number of hydrogen-bond acceptors (Lipinski definition) is 11. The van der Waals surface area contributed by atoms with Gasteiger partial charge in [-0.3, -0.25) is 0 Å². The van der Waals surface area contributed by atoms with Gasteiger partial charge in [-0.2, -0.15) is 0 Å². The lowest BCUT2D eigenvalue weighted by Crippen LogP contribution is -2.14. The van der Waals surface area contributed by atoms with Gasteiger partial charge in [0.05, 0.1) is 0 Å². The van der Waals surface area contributed by atoms with Crippen molar-refractivity contribution in [3.05, 3.63) is 478 Å². The van der Waals surface area contributed by atoms with E-state index in [9.17, 15) is 0 Å². The smallest absolute Gasteiger partial charge is 0.164 e. The monoisotopic (exact) mass is 1860 g/mol. The number of thiophene rings is 2. The second-order valence-corrected chi connectivity index (χ2v) is 39.5. The molecule has 0 unspecified atom stereocenters. The zero-order valence-electron chi connectivity index (χ0n) is 77.8. The Bertz CT molecular complexity index is 9910. The summed E-state index contributed by atoms with van der Waals surface area (Å²) in [7, 11) is 0. The minimum absolute atomic E-state index is 0.0500. The number of nitrogens with zero attached hydrogens (tertiary/aromatic N) is 9. The summed E-state index contributed by atoms with van der Waals surface area (Å²) in [4.78, 5) is 44.9. The van der Waals surface area contributed by atoms with Gasteiger partial charge in [0, 0.05) is 95.8 Å². The maximum absolute atomic E-state index is 5.07. The molecule has 5 aromatic heterocycles. The largest absolute Gasteiger partial charge is 0.208 e. The lowest BCUT2D eigenvalue weighted by molar-refractivity contribution is 0.661. The Hall–Kier alpha value is -18.1. The molecular weight excluding hydrogens is 1780 g/mol. The van der Waals surface area contributed by atoms with Crippen LogP contribution in [0, 0.1) is 0 Å². The van der Waals surface area contributed by atoms with Gasteiger partial charge in [0.25, 0.3) is 0 Å². The molecule has 28 aromatic rings. The Morgan fingerprint density at radius 2 is 0.441 bits per heavy atom. The van der Waals surface area contributed by atoms with E-state index >= 15 is 0 Å². The van der Waals surface area contributed by atoms with Gasteiger partial charge in [-0.15, -0.1) is 22.7 Å². The van der Waals surface area contributed by atoms with E-state index in [-0.39, 0.29) is 5.41 Å². The maximum atomic E-state index is 5.07. The van der Waals surface area contributed by atoms with Crippen LogP contribution in [0.5, 0.6) is 0 Å². The van der Waals surface area contributed by atoms with Gasteiger partial charge in [0.15, 0.2) is 52.4 Å². The molecule has 0 aliphatic heterocycles. The van der Waals surface area contributed by atoms with Gasteiger partial charge >= 0.3 is 0 Å². The summed E-state index contributed by atoms with van der Waals surface area (Å²) in [5.41, 5.74) is 18.8. The van der Waals surface area contributed by atoms with Crippen molar-refractivity contribution in [2.75, 3.05) is 0 Å². The second kappa shape index (κ2) is 34.8. The quantitative estimate of drug-likeness (QED) is 0.117. The topological polar surface area (TPSA) is 116 Å². The Kier molecular flexibility index (Phi) is 20.5. The highest BCUT2D eigenvalue weighted by Crippen LogP contribution is 2.54. The fourth-order valence-corrected chi connectivity index (χ4v) is 23.6. The van der Waals surface area contributed by atoms with E-state index in [1.165, 1.54) is 160 Å². The predicted octanol–water partition coefficient (Wildman–Crippen LogP) is 35.4. The van der Waals surface area contributed by atoms with Crippen molar-refractivity contribution in [2.24, 2.45) is 0 Å². The van der Waals surface area contributed by atoms with E-state index in [0.717, 1.165) is 72.0 Å². The first-order chi connectivity index (χ1) is 70.6. The van der Waals surface area contributed by atoms with Crippen molar-refractivity contribution in [1.82, 2.24) is 44.9 Å². The van der Waals surface area contributed by atoms with Crippen molar-refractivity contribution in [3.63, 3.8) is 0 Å². The molecular formula is C132H83N9S2. The molecule has 1 aliphatic rings. The van der Waals surface area contributed by atoms with Crippen LogP contribution >= 0.6 is 22.7 Å². The lowest BCUT2D eigenvalue weighted by Gasteiger charge is -2.21. The first-order valence-electron chi connectivity index (χ1n) is 48.3. The molecule has 0 radical (unpaired) electrons. The highest BCUT2D eigenvalue weighted by molar-refractivity contribution is 7.26. The molecule has 0 bridgehead atoms. The van der Waals surface area contributed by atoms with Crippen molar-refractivity contribution in [2.45, 2.75) is 19.3 Å². The highest BCUT2D eigenvalue weighted by Gasteiger charge is 2.37. The number of rotatable bonds is 11. The summed E-state index contributed by atoms with van der Waals surface area (Å²) in [5.74, 6) is 5.93. The number of benzene rings is 23. The van der Waals surface area contributed by atoms with Crippen molar-refractivity contribution < 1.29 is 0 Å². The van der Waals surface area contributed by atoms with Crippen LogP contribution in [-0.2, 0) is 5.41 Å². The molecule has 1 aliphatic carbocycles. The van der Waals surface area contributed by atoms with Crippen molar-refractivity contribution in [1.29, 1.82) is 0 Å². The van der Waals surface area contributed by atoms with Gasteiger partial charge in [0.1, 0.15) is 0 Å². The average molecular weight is 1860 g/mol. The van der Waals surface area contributed by atoms with Crippen LogP contribution in [-0.4, -0.2) is 44.9 Å². The van der Waals surface area contributed by atoms with Crippen LogP contribution in [0.2, 0.25) is 0 Å². The molecule has 0 amide bonds. The molecule has 9 nitrogen and oxygen atoms in total. The molecule has 0 saturated carbocycles. The fraction of sp³-hybridized carbons (Fsp3) is 0.0227. The number of aromatic nitrogens is 9. The summed E-state index contributed by atoms with van der Waals surface area (Å²) in [6.07, 6.45) is 0. The van der Waals surface area contributed by atoms with Gasteiger partial charge in [0.2, 0.25) is 0 Å². The van der Waals surface area contributed by atoms with Crippen LogP contribution < -0.4 is 0 Å². The fourth-order valence-electron chi connectivity index (χ4n) is 21.4. The van der Waals surface area contributed by atoms with E-state index in [1.54, 1.807) is 0 Å². The zero-order valence-corrected chi connectivity index (χ0v) is 79.4. The molecule has 0 fully saturated rings. The van der Waals surface area contributed by atoms with Crippen molar-refractivity contribution in [3.8, 4) is 136 Å². The summed E-state index contributed by atoms with van der Waals surface area (Å²) in [5, 5.41) is 27.8. The SMILES string of the molecule is CC1(C)c2ccccc2-c2c1ccc1ccc3ccc4cc(-c5nc(-c6ccccc6)nc(-c6ccccc6)n5)ccc4c3c21.c1ccc(-c2ccc(-c3nc(-c4ccccc4)nc(-c4ccc5c(ccc6ccc7cc8c(cc7c65)sc5ccccc58)c4)n3)cc2)cc1.c1ccc(-c2ccc(-c3nc(-c4ccccc4)nc(-c4ccc5c(ccc6ccc7ccc8sc9ccccc9c8c7c65)c4)n3)cc2)cc1. The van der Waals surface area contributed by atoms with Gasteiger partial charge in [-0.25, -0.2) is 44.9 Å².